The molecule has 1 aliphatic rings. The molecule has 2 rings (SSSR count). The SMILES string of the molecule is CCC(CC1CCC(C)(C)O1)(C(=O)O)c1ccccc1. The van der Waals surface area contributed by atoms with Crippen LogP contribution in [0.15, 0.2) is 30.3 Å². The Morgan fingerprint density at radius 2 is 2.05 bits per heavy atom. The first-order valence-corrected chi connectivity index (χ1v) is 7.36. The second kappa shape index (κ2) is 5.57. The predicted octanol–water partition coefficient (Wildman–Crippen LogP) is 3.77. The Labute approximate surface area is 121 Å². The minimum absolute atomic E-state index is 0.0289. The fraction of sp³-hybridized carbons (Fsp3) is 0.588. The maximum absolute atomic E-state index is 11.9. The van der Waals surface area contributed by atoms with E-state index in [2.05, 4.69) is 13.8 Å². The summed E-state index contributed by atoms with van der Waals surface area (Å²) in [6.45, 7) is 6.09. The van der Waals surface area contributed by atoms with Gasteiger partial charge in [0.1, 0.15) is 0 Å². The lowest BCUT2D eigenvalue weighted by molar-refractivity contribution is -0.146. The lowest BCUT2D eigenvalue weighted by Gasteiger charge is -2.32. The first-order valence-electron chi connectivity index (χ1n) is 7.36. The second-order valence-electron chi connectivity index (χ2n) is 6.35. The summed E-state index contributed by atoms with van der Waals surface area (Å²) < 4.78 is 6.01. The van der Waals surface area contributed by atoms with Crippen molar-refractivity contribution in [2.45, 2.75) is 63.6 Å². The van der Waals surface area contributed by atoms with Crippen molar-refractivity contribution >= 4 is 5.97 Å². The van der Waals surface area contributed by atoms with Crippen LogP contribution in [-0.2, 0) is 14.9 Å². The quantitative estimate of drug-likeness (QED) is 0.890. The molecule has 1 saturated heterocycles. The van der Waals surface area contributed by atoms with Gasteiger partial charge in [-0.1, -0.05) is 37.3 Å². The van der Waals surface area contributed by atoms with Gasteiger partial charge in [0.05, 0.1) is 17.1 Å². The summed E-state index contributed by atoms with van der Waals surface area (Å²) in [6, 6.07) is 9.56. The summed E-state index contributed by atoms with van der Waals surface area (Å²) >= 11 is 0. The van der Waals surface area contributed by atoms with Crippen molar-refractivity contribution in [1.29, 1.82) is 0 Å². The summed E-state index contributed by atoms with van der Waals surface area (Å²) in [5, 5.41) is 9.81. The Kier molecular flexibility index (Phi) is 4.19. The third kappa shape index (κ3) is 2.88. The number of aliphatic carboxylic acids is 1. The molecule has 1 heterocycles. The van der Waals surface area contributed by atoms with E-state index in [0.29, 0.717) is 12.8 Å². The van der Waals surface area contributed by atoms with E-state index in [1.807, 2.05) is 37.3 Å². The predicted molar refractivity (Wildman–Crippen MR) is 78.8 cm³/mol. The molecule has 0 bridgehead atoms. The van der Waals surface area contributed by atoms with Gasteiger partial charge in [0.2, 0.25) is 0 Å². The summed E-state index contributed by atoms with van der Waals surface area (Å²) in [4.78, 5) is 11.9. The zero-order chi connectivity index (χ0) is 14.8. The van der Waals surface area contributed by atoms with Gasteiger partial charge in [0.15, 0.2) is 0 Å². The number of benzene rings is 1. The van der Waals surface area contributed by atoms with Gasteiger partial charge in [-0.15, -0.1) is 0 Å². The molecule has 1 N–H and O–H groups in total. The third-order valence-corrected chi connectivity index (χ3v) is 4.47. The molecule has 1 aliphatic heterocycles. The Hall–Kier alpha value is -1.35. The molecule has 0 spiro atoms. The summed E-state index contributed by atoms with van der Waals surface area (Å²) in [6.07, 6.45) is 3.08. The molecule has 2 atom stereocenters. The number of carboxylic acid groups (broad SMARTS) is 1. The zero-order valence-corrected chi connectivity index (χ0v) is 12.6. The van der Waals surface area contributed by atoms with Crippen molar-refractivity contribution < 1.29 is 14.6 Å². The minimum Gasteiger partial charge on any atom is -0.481 e. The molecule has 1 aromatic rings. The Balaban J connectivity index is 2.27. The van der Waals surface area contributed by atoms with Crippen LogP contribution in [0.4, 0.5) is 0 Å². The van der Waals surface area contributed by atoms with E-state index in [-0.39, 0.29) is 11.7 Å². The van der Waals surface area contributed by atoms with E-state index in [1.165, 1.54) is 0 Å². The number of ether oxygens (including phenoxy) is 1. The second-order valence-corrected chi connectivity index (χ2v) is 6.35. The van der Waals surface area contributed by atoms with E-state index in [9.17, 15) is 9.90 Å². The van der Waals surface area contributed by atoms with Crippen molar-refractivity contribution in [3.8, 4) is 0 Å². The largest absolute Gasteiger partial charge is 0.481 e. The smallest absolute Gasteiger partial charge is 0.314 e. The van der Waals surface area contributed by atoms with Gasteiger partial charge in [-0.25, -0.2) is 0 Å². The van der Waals surface area contributed by atoms with Crippen LogP contribution < -0.4 is 0 Å². The van der Waals surface area contributed by atoms with Crippen LogP contribution >= 0.6 is 0 Å². The molecule has 110 valence electrons. The number of hydrogen-bond donors (Lipinski definition) is 1. The van der Waals surface area contributed by atoms with Crippen molar-refractivity contribution in [1.82, 2.24) is 0 Å². The number of carbonyl (C=O) groups is 1. The van der Waals surface area contributed by atoms with E-state index in [1.54, 1.807) is 0 Å². The van der Waals surface area contributed by atoms with Gasteiger partial charge >= 0.3 is 5.97 Å². The molecule has 20 heavy (non-hydrogen) atoms. The lowest BCUT2D eigenvalue weighted by Crippen LogP contribution is -2.39. The van der Waals surface area contributed by atoms with Crippen LogP contribution in [0.5, 0.6) is 0 Å². The highest BCUT2D eigenvalue weighted by atomic mass is 16.5. The number of rotatable bonds is 5. The van der Waals surface area contributed by atoms with Gasteiger partial charge in [0, 0.05) is 0 Å². The van der Waals surface area contributed by atoms with Crippen LogP contribution in [0.3, 0.4) is 0 Å². The highest BCUT2D eigenvalue weighted by Gasteiger charge is 2.44. The average molecular weight is 276 g/mol. The maximum atomic E-state index is 11.9. The van der Waals surface area contributed by atoms with Gasteiger partial charge in [-0.3, -0.25) is 4.79 Å². The molecule has 3 heteroatoms. The molecule has 0 aromatic heterocycles. The van der Waals surface area contributed by atoms with Crippen LogP contribution in [-0.4, -0.2) is 22.8 Å². The average Bonchev–Trinajstić information content (AvgIpc) is 2.76. The molecule has 3 nitrogen and oxygen atoms in total. The summed E-state index contributed by atoms with van der Waals surface area (Å²) in [7, 11) is 0. The number of hydrogen-bond acceptors (Lipinski definition) is 2. The zero-order valence-electron chi connectivity index (χ0n) is 12.6. The highest BCUT2D eigenvalue weighted by Crippen LogP contribution is 2.40. The Morgan fingerprint density at radius 3 is 2.50 bits per heavy atom. The molecule has 0 aliphatic carbocycles. The van der Waals surface area contributed by atoms with Gasteiger partial charge in [-0.05, 0) is 45.1 Å². The highest BCUT2D eigenvalue weighted by molar-refractivity contribution is 5.81. The van der Waals surface area contributed by atoms with E-state index in [4.69, 9.17) is 4.74 Å². The maximum Gasteiger partial charge on any atom is 0.314 e. The Morgan fingerprint density at radius 1 is 1.40 bits per heavy atom. The monoisotopic (exact) mass is 276 g/mol. The lowest BCUT2D eigenvalue weighted by atomic mass is 9.73. The van der Waals surface area contributed by atoms with E-state index in [0.717, 1.165) is 18.4 Å². The molecule has 0 amide bonds. The molecule has 1 aromatic carbocycles. The minimum atomic E-state index is -0.841. The number of carboxylic acids is 1. The molecule has 1 fully saturated rings. The fourth-order valence-electron chi connectivity index (χ4n) is 3.20. The fourth-order valence-corrected chi connectivity index (χ4v) is 3.20. The van der Waals surface area contributed by atoms with E-state index < -0.39 is 11.4 Å². The first-order chi connectivity index (χ1) is 9.39. The normalized spacial score (nSPS) is 24.2. The topological polar surface area (TPSA) is 46.5 Å². The molecule has 0 saturated carbocycles. The standard InChI is InChI=1S/C17H24O3/c1-4-17(15(18)19,13-8-6-5-7-9-13)12-14-10-11-16(2,3)20-14/h5-9,14H,4,10-12H2,1-3H3,(H,18,19). The van der Waals surface area contributed by atoms with Crippen LogP contribution in [0.25, 0.3) is 0 Å². The third-order valence-electron chi connectivity index (χ3n) is 4.47. The van der Waals surface area contributed by atoms with Gasteiger partial charge in [0.25, 0.3) is 0 Å². The van der Waals surface area contributed by atoms with Crippen molar-refractivity contribution in [3.63, 3.8) is 0 Å². The summed E-state index contributed by atoms with van der Waals surface area (Å²) in [5.41, 5.74) is -0.0885. The summed E-state index contributed by atoms with van der Waals surface area (Å²) in [5.74, 6) is -0.750. The Bertz CT molecular complexity index is 466. The van der Waals surface area contributed by atoms with Crippen LogP contribution in [0.2, 0.25) is 0 Å². The molecular weight excluding hydrogens is 252 g/mol. The van der Waals surface area contributed by atoms with E-state index >= 15 is 0 Å². The molecular formula is C17H24O3. The van der Waals surface area contributed by atoms with Crippen LogP contribution in [0, 0.1) is 0 Å². The van der Waals surface area contributed by atoms with Gasteiger partial charge in [-0.2, -0.15) is 0 Å². The van der Waals surface area contributed by atoms with Crippen molar-refractivity contribution in [2.24, 2.45) is 0 Å². The van der Waals surface area contributed by atoms with Crippen molar-refractivity contribution in [2.75, 3.05) is 0 Å². The van der Waals surface area contributed by atoms with Crippen LogP contribution in [0.1, 0.15) is 52.0 Å². The molecule has 2 unspecified atom stereocenters. The molecule has 0 radical (unpaired) electrons. The van der Waals surface area contributed by atoms with Gasteiger partial charge < -0.3 is 9.84 Å². The van der Waals surface area contributed by atoms with Crippen molar-refractivity contribution in [3.05, 3.63) is 35.9 Å². The first kappa shape index (κ1) is 15.0.